The zero-order valence-corrected chi connectivity index (χ0v) is 16.2. The topological polar surface area (TPSA) is 72.5 Å². The maximum absolute atomic E-state index is 12.9. The fourth-order valence-electron chi connectivity index (χ4n) is 2.74. The number of pyridine rings is 1. The number of anilines is 2. The molecule has 0 aliphatic heterocycles. The molecule has 0 saturated carbocycles. The molecule has 1 amide bonds. The highest BCUT2D eigenvalue weighted by Gasteiger charge is 2.08. The molecule has 150 valence electrons. The summed E-state index contributed by atoms with van der Waals surface area (Å²) in [6.45, 7) is 0.476. The van der Waals surface area contributed by atoms with Crippen LogP contribution in [0.2, 0.25) is 0 Å². The number of rotatable bonds is 8. The minimum absolute atomic E-state index is 0.202. The van der Waals surface area contributed by atoms with Crippen LogP contribution in [0, 0.1) is 5.82 Å². The number of carbonyl (C=O) groups is 1. The fraction of sp³-hybridized carbons (Fsp3) is 0.182. The number of amides is 1. The minimum atomic E-state index is -0.302. The number of methoxy groups -OCH3 is 2. The van der Waals surface area contributed by atoms with Gasteiger partial charge in [-0.3, -0.25) is 4.79 Å². The second kappa shape index (κ2) is 9.54. The van der Waals surface area contributed by atoms with E-state index in [4.69, 9.17) is 9.47 Å². The minimum Gasteiger partial charge on any atom is -0.493 e. The van der Waals surface area contributed by atoms with Gasteiger partial charge in [0, 0.05) is 18.4 Å². The Labute approximate surface area is 168 Å². The zero-order valence-electron chi connectivity index (χ0n) is 16.2. The average molecular weight is 395 g/mol. The molecule has 3 rings (SSSR count). The molecule has 2 aromatic carbocycles. The Morgan fingerprint density at radius 3 is 2.41 bits per heavy atom. The first-order chi connectivity index (χ1) is 14.1. The molecule has 1 aromatic heterocycles. The maximum Gasteiger partial charge on any atom is 0.252 e. The molecule has 29 heavy (non-hydrogen) atoms. The van der Waals surface area contributed by atoms with Crippen LogP contribution >= 0.6 is 0 Å². The van der Waals surface area contributed by atoms with Gasteiger partial charge in [-0.05, 0) is 60.5 Å². The predicted molar refractivity (Wildman–Crippen MR) is 110 cm³/mol. The van der Waals surface area contributed by atoms with Gasteiger partial charge in [0.25, 0.3) is 5.91 Å². The Morgan fingerprint density at radius 2 is 1.76 bits per heavy atom. The summed E-state index contributed by atoms with van der Waals surface area (Å²) in [6.07, 6.45) is 2.15. The van der Waals surface area contributed by atoms with Gasteiger partial charge in [0.15, 0.2) is 11.5 Å². The summed E-state index contributed by atoms with van der Waals surface area (Å²) >= 11 is 0. The van der Waals surface area contributed by atoms with Crippen molar-refractivity contribution in [1.29, 1.82) is 0 Å². The number of nitrogens with one attached hydrogen (secondary N) is 2. The van der Waals surface area contributed by atoms with Gasteiger partial charge in [-0.1, -0.05) is 6.07 Å². The van der Waals surface area contributed by atoms with Crippen molar-refractivity contribution < 1.29 is 18.7 Å². The number of halogens is 1. The van der Waals surface area contributed by atoms with Crippen LogP contribution < -0.4 is 20.1 Å². The molecule has 7 heteroatoms. The number of aromatic nitrogens is 1. The van der Waals surface area contributed by atoms with E-state index in [1.165, 1.54) is 18.3 Å². The highest BCUT2D eigenvalue weighted by atomic mass is 19.1. The second-order valence-electron chi connectivity index (χ2n) is 6.26. The SMILES string of the molecule is COc1ccc(CCNC(=O)c2ccc(Nc3ccc(F)cc3)nc2)cc1OC. The van der Waals surface area contributed by atoms with Crippen molar-refractivity contribution in [2.24, 2.45) is 0 Å². The fourth-order valence-corrected chi connectivity index (χ4v) is 2.74. The zero-order chi connectivity index (χ0) is 20.6. The van der Waals surface area contributed by atoms with Crippen molar-refractivity contribution in [1.82, 2.24) is 10.3 Å². The third-order valence-electron chi connectivity index (χ3n) is 4.29. The van der Waals surface area contributed by atoms with Crippen molar-refractivity contribution in [3.8, 4) is 11.5 Å². The van der Waals surface area contributed by atoms with E-state index in [-0.39, 0.29) is 11.7 Å². The molecule has 0 unspecified atom stereocenters. The highest BCUT2D eigenvalue weighted by molar-refractivity contribution is 5.94. The summed E-state index contributed by atoms with van der Waals surface area (Å²) in [6, 6.07) is 15.0. The lowest BCUT2D eigenvalue weighted by molar-refractivity contribution is 0.0954. The van der Waals surface area contributed by atoms with Gasteiger partial charge in [0.05, 0.1) is 19.8 Å². The quantitative estimate of drug-likeness (QED) is 0.604. The van der Waals surface area contributed by atoms with E-state index >= 15 is 0 Å². The standard InChI is InChI=1S/C22H22FN3O3/c1-28-19-9-3-15(13-20(19)29-2)11-12-24-22(27)16-4-10-21(25-14-16)26-18-7-5-17(23)6-8-18/h3-10,13-14H,11-12H2,1-2H3,(H,24,27)(H,25,26). The van der Waals surface area contributed by atoms with Crippen LogP contribution in [0.1, 0.15) is 15.9 Å². The van der Waals surface area contributed by atoms with E-state index in [0.717, 1.165) is 5.56 Å². The van der Waals surface area contributed by atoms with Gasteiger partial charge in [-0.15, -0.1) is 0 Å². The molecule has 0 radical (unpaired) electrons. The predicted octanol–water partition coefficient (Wildman–Crippen LogP) is 3.95. The summed E-state index contributed by atoms with van der Waals surface area (Å²) in [5, 5.41) is 5.93. The third kappa shape index (κ3) is 5.44. The van der Waals surface area contributed by atoms with Crippen LogP contribution in [0.15, 0.2) is 60.8 Å². The molecule has 6 nitrogen and oxygen atoms in total. The first kappa shape index (κ1) is 20.1. The van der Waals surface area contributed by atoms with Crippen LogP contribution in [0.25, 0.3) is 0 Å². The summed E-state index contributed by atoms with van der Waals surface area (Å²) in [5.74, 6) is 1.39. The lowest BCUT2D eigenvalue weighted by Crippen LogP contribution is -2.25. The molecule has 0 aliphatic rings. The molecular formula is C22H22FN3O3. The van der Waals surface area contributed by atoms with Crippen LogP contribution in [-0.2, 0) is 6.42 Å². The Balaban J connectivity index is 1.52. The Bertz CT molecular complexity index is 960. The van der Waals surface area contributed by atoms with Gasteiger partial charge >= 0.3 is 0 Å². The van der Waals surface area contributed by atoms with Crippen LogP contribution in [0.5, 0.6) is 11.5 Å². The lowest BCUT2D eigenvalue weighted by atomic mass is 10.1. The number of hydrogen-bond acceptors (Lipinski definition) is 5. The number of ether oxygens (including phenoxy) is 2. The summed E-state index contributed by atoms with van der Waals surface area (Å²) in [4.78, 5) is 16.5. The van der Waals surface area contributed by atoms with E-state index in [9.17, 15) is 9.18 Å². The smallest absolute Gasteiger partial charge is 0.252 e. The number of carbonyl (C=O) groups excluding carboxylic acids is 1. The first-order valence-corrected chi connectivity index (χ1v) is 9.07. The summed E-state index contributed by atoms with van der Waals surface area (Å²) < 4.78 is 23.5. The van der Waals surface area contributed by atoms with Gasteiger partial charge < -0.3 is 20.1 Å². The van der Waals surface area contributed by atoms with E-state index in [0.29, 0.717) is 41.5 Å². The highest BCUT2D eigenvalue weighted by Crippen LogP contribution is 2.27. The monoisotopic (exact) mass is 395 g/mol. The third-order valence-corrected chi connectivity index (χ3v) is 4.29. The molecule has 0 atom stereocenters. The van der Waals surface area contributed by atoms with Crippen LogP contribution in [-0.4, -0.2) is 31.7 Å². The second-order valence-corrected chi connectivity index (χ2v) is 6.26. The normalized spacial score (nSPS) is 10.3. The molecule has 0 bridgehead atoms. The van der Waals surface area contributed by atoms with Gasteiger partial charge in [0.1, 0.15) is 11.6 Å². The van der Waals surface area contributed by atoms with E-state index in [1.807, 2.05) is 18.2 Å². The Hall–Kier alpha value is -3.61. The molecule has 0 fully saturated rings. The van der Waals surface area contributed by atoms with Crippen molar-refractivity contribution in [2.75, 3.05) is 26.1 Å². The van der Waals surface area contributed by atoms with E-state index < -0.39 is 0 Å². The molecule has 0 spiro atoms. The Morgan fingerprint density at radius 1 is 1.00 bits per heavy atom. The Kier molecular flexibility index (Phi) is 6.63. The molecule has 3 aromatic rings. The molecule has 2 N–H and O–H groups in total. The van der Waals surface area contributed by atoms with Crippen molar-refractivity contribution in [2.45, 2.75) is 6.42 Å². The van der Waals surface area contributed by atoms with Crippen molar-refractivity contribution in [3.63, 3.8) is 0 Å². The van der Waals surface area contributed by atoms with Crippen LogP contribution in [0.3, 0.4) is 0 Å². The summed E-state index contributed by atoms with van der Waals surface area (Å²) in [5.41, 5.74) is 2.20. The van der Waals surface area contributed by atoms with Gasteiger partial charge in [-0.2, -0.15) is 0 Å². The number of hydrogen-bond donors (Lipinski definition) is 2. The molecule has 1 heterocycles. The van der Waals surface area contributed by atoms with Crippen LogP contribution in [0.4, 0.5) is 15.9 Å². The summed E-state index contributed by atoms with van der Waals surface area (Å²) in [7, 11) is 3.18. The van der Waals surface area contributed by atoms with Gasteiger partial charge in [0.2, 0.25) is 0 Å². The maximum atomic E-state index is 12.9. The molecular weight excluding hydrogens is 373 g/mol. The first-order valence-electron chi connectivity index (χ1n) is 9.07. The molecule has 0 aliphatic carbocycles. The lowest BCUT2D eigenvalue weighted by Gasteiger charge is -2.10. The molecule has 0 saturated heterocycles. The van der Waals surface area contributed by atoms with Crippen molar-refractivity contribution in [3.05, 3.63) is 77.7 Å². The number of benzene rings is 2. The number of nitrogens with zero attached hydrogens (tertiary/aromatic N) is 1. The van der Waals surface area contributed by atoms with E-state index in [1.54, 1.807) is 38.5 Å². The average Bonchev–Trinajstić information content (AvgIpc) is 2.75. The van der Waals surface area contributed by atoms with E-state index in [2.05, 4.69) is 15.6 Å². The largest absolute Gasteiger partial charge is 0.493 e. The van der Waals surface area contributed by atoms with Crippen molar-refractivity contribution >= 4 is 17.4 Å². The van der Waals surface area contributed by atoms with Gasteiger partial charge in [-0.25, -0.2) is 9.37 Å².